The van der Waals surface area contributed by atoms with E-state index in [1.807, 2.05) is 4.57 Å². The summed E-state index contributed by atoms with van der Waals surface area (Å²) in [5.74, 6) is 0.437. The van der Waals surface area contributed by atoms with Crippen molar-refractivity contribution in [1.82, 2.24) is 9.55 Å². The number of imidazole rings is 1. The first-order valence-corrected chi connectivity index (χ1v) is 5.09. The predicted octanol–water partition coefficient (Wildman–Crippen LogP) is 0.345. The summed E-state index contributed by atoms with van der Waals surface area (Å²) in [7, 11) is 0. The Bertz CT molecular complexity index is 386. The molecule has 2 rings (SSSR count). The standard InChI is InChI=1S/C10H15N3O2/c1-6-2-7(11)4-13-5-8(3-9(14)15)12-10(6)13/h5-7H,2-4,11H2,1H3,(H,14,15). The lowest BCUT2D eigenvalue weighted by molar-refractivity contribution is -0.136. The molecule has 5 nitrogen and oxygen atoms in total. The molecule has 1 aromatic rings. The fourth-order valence-corrected chi connectivity index (χ4v) is 2.15. The van der Waals surface area contributed by atoms with Gasteiger partial charge in [0.1, 0.15) is 5.82 Å². The third-order valence-electron chi connectivity index (χ3n) is 2.72. The van der Waals surface area contributed by atoms with Crippen LogP contribution in [0.25, 0.3) is 0 Å². The summed E-state index contributed by atoms with van der Waals surface area (Å²) in [5, 5.41) is 8.67. The first kappa shape index (κ1) is 10.2. The maximum atomic E-state index is 10.6. The molecule has 0 saturated heterocycles. The Morgan fingerprint density at radius 3 is 3.20 bits per heavy atom. The second-order valence-electron chi connectivity index (χ2n) is 4.21. The molecule has 0 saturated carbocycles. The minimum absolute atomic E-state index is 0.0119. The number of hydrogen-bond acceptors (Lipinski definition) is 3. The summed E-state index contributed by atoms with van der Waals surface area (Å²) in [6, 6.07) is 0.152. The normalized spacial score (nSPS) is 24.9. The number of aliphatic carboxylic acids is 1. The van der Waals surface area contributed by atoms with Crippen LogP contribution in [0.2, 0.25) is 0 Å². The molecule has 15 heavy (non-hydrogen) atoms. The number of nitrogens with zero attached hydrogens (tertiary/aromatic N) is 2. The highest BCUT2D eigenvalue weighted by Crippen LogP contribution is 2.25. The largest absolute Gasteiger partial charge is 0.481 e. The SMILES string of the molecule is CC1CC(N)Cn2cc(CC(=O)O)nc21. The van der Waals surface area contributed by atoms with E-state index >= 15 is 0 Å². The highest BCUT2D eigenvalue weighted by atomic mass is 16.4. The monoisotopic (exact) mass is 209 g/mol. The second-order valence-corrected chi connectivity index (χ2v) is 4.21. The maximum Gasteiger partial charge on any atom is 0.309 e. The van der Waals surface area contributed by atoms with E-state index in [0.717, 1.165) is 18.8 Å². The van der Waals surface area contributed by atoms with Crippen LogP contribution in [-0.4, -0.2) is 26.7 Å². The molecule has 82 valence electrons. The molecule has 0 fully saturated rings. The van der Waals surface area contributed by atoms with Gasteiger partial charge >= 0.3 is 5.97 Å². The molecule has 2 atom stereocenters. The van der Waals surface area contributed by atoms with Gasteiger partial charge in [-0.15, -0.1) is 0 Å². The van der Waals surface area contributed by atoms with E-state index in [0.29, 0.717) is 11.6 Å². The Morgan fingerprint density at radius 2 is 2.53 bits per heavy atom. The minimum Gasteiger partial charge on any atom is -0.481 e. The zero-order valence-corrected chi connectivity index (χ0v) is 8.68. The van der Waals surface area contributed by atoms with Gasteiger partial charge in [-0.05, 0) is 6.42 Å². The van der Waals surface area contributed by atoms with E-state index in [1.165, 1.54) is 0 Å². The smallest absolute Gasteiger partial charge is 0.309 e. The number of hydrogen-bond donors (Lipinski definition) is 2. The highest BCUT2D eigenvalue weighted by molar-refractivity contribution is 5.69. The summed E-state index contributed by atoms with van der Waals surface area (Å²) in [6.07, 6.45) is 2.71. The predicted molar refractivity (Wildman–Crippen MR) is 54.6 cm³/mol. The molecule has 0 radical (unpaired) electrons. The molecular weight excluding hydrogens is 194 g/mol. The summed E-state index contributed by atoms with van der Waals surface area (Å²) >= 11 is 0. The van der Waals surface area contributed by atoms with Crippen LogP contribution in [0, 0.1) is 0 Å². The van der Waals surface area contributed by atoms with Crippen LogP contribution in [0.4, 0.5) is 0 Å². The molecule has 0 amide bonds. The Hall–Kier alpha value is -1.36. The molecular formula is C10H15N3O2. The van der Waals surface area contributed by atoms with Gasteiger partial charge in [0.2, 0.25) is 0 Å². The zero-order chi connectivity index (χ0) is 11.0. The molecule has 3 N–H and O–H groups in total. The van der Waals surface area contributed by atoms with E-state index in [9.17, 15) is 4.79 Å². The van der Waals surface area contributed by atoms with Crippen LogP contribution in [0.3, 0.4) is 0 Å². The second kappa shape index (κ2) is 3.66. The number of carboxylic acids is 1. The number of carbonyl (C=O) groups is 1. The van der Waals surface area contributed by atoms with Crippen molar-refractivity contribution in [3.05, 3.63) is 17.7 Å². The number of rotatable bonds is 2. The van der Waals surface area contributed by atoms with Crippen LogP contribution in [0.15, 0.2) is 6.20 Å². The molecule has 2 heterocycles. The molecule has 2 unspecified atom stereocenters. The van der Waals surface area contributed by atoms with Crippen molar-refractivity contribution < 1.29 is 9.90 Å². The van der Waals surface area contributed by atoms with Gasteiger partial charge in [0.25, 0.3) is 0 Å². The number of carboxylic acid groups (broad SMARTS) is 1. The number of nitrogens with two attached hydrogens (primary N) is 1. The van der Waals surface area contributed by atoms with Gasteiger partial charge in [-0.1, -0.05) is 6.92 Å². The summed E-state index contributed by atoms with van der Waals surface area (Å²) in [4.78, 5) is 14.9. The van der Waals surface area contributed by atoms with Crippen molar-refractivity contribution in [3.8, 4) is 0 Å². The summed E-state index contributed by atoms with van der Waals surface area (Å²) in [6.45, 7) is 2.81. The molecule has 1 aromatic heterocycles. The highest BCUT2D eigenvalue weighted by Gasteiger charge is 2.24. The minimum atomic E-state index is -0.845. The lowest BCUT2D eigenvalue weighted by atomic mass is 9.98. The van der Waals surface area contributed by atoms with E-state index in [-0.39, 0.29) is 12.5 Å². The van der Waals surface area contributed by atoms with E-state index in [4.69, 9.17) is 10.8 Å². The van der Waals surface area contributed by atoms with Crippen LogP contribution in [0.1, 0.15) is 30.8 Å². The molecule has 0 aliphatic carbocycles. The van der Waals surface area contributed by atoms with Gasteiger partial charge in [0, 0.05) is 24.7 Å². The molecule has 0 aromatic carbocycles. The van der Waals surface area contributed by atoms with Crippen molar-refractivity contribution >= 4 is 5.97 Å². The lowest BCUT2D eigenvalue weighted by Crippen LogP contribution is -2.33. The molecule has 1 aliphatic rings. The zero-order valence-electron chi connectivity index (χ0n) is 8.68. The molecule has 1 aliphatic heterocycles. The van der Waals surface area contributed by atoms with Gasteiger partial charge in [-0.25, -0.2) is 4.98 Å². The fourth-order valence-electron chi connectivity index (χ4n) is 2.15. The first-order valence-electron chi connectivity index (χ1n) is 5.09. The Labute approximate surface area is 87.9 Å². The average molecular weight is 209 g/mol. The van der Waals surface area contributed by atoms with Gasteiger partial charge in [-0.3, -0.25) is 4.79 Å². The van der Waals surface area contributed by atoms with Crippen molar-refractivity contribution in [2.75, 3.05) is 0 Å². The fraction of sp³-hybridized carbons (Fsp3) is 0.600. The van der Waals surface area contributed by atoms with Gasteiger partial charge in [-0.2, -0.15) is 0 Å². The third-order valence-corrected chi connectivity index (χ3v) is 2.72. The van der Waals surface area contributed by atoms with Crippen molar-refractivity contribution in [2.24, 2.45) is 5.73 Å². The summed E-state index contributed by atoms with van der Waals surface area (Å²) < 4.78 is 1.98. The maximum absolute atomic E-state index is 10.6. The van der Waals surface area contributed by atoms with Crippen LogP contribution >= 0.6 is 0 Å². The summed E-state index contributed by atoms with van der Waals surface area (Å²) in [5.41, 5.74) is 6.51. The topological polar surface area (TPSA) is 81.1 Å². The van der Waals surface area contributed by atoms with Crippen molar-refractivity contribution in [2.45, 2.75) is 38.3 Å². The van der Waals surface area contributed by atoms with Crippen LogP contribution in [-0.2, 0) is 17.8 Å². The quantitative estimate of drug-likeness (QED) is 0.736. The van der Waals surface area contributed by atoms with Crippen molar-refractivity contribution in [1.29, 1.82) is 0 Å². The average Bonchev–Trinajstić information content (AvgIpc) is 2.45. The molecule has 0 bridgehead atoms. The first-order chi connectivity index (χ1) is 7.06. The van der Waals surface area contributed by atoms with Crippen LogP contribution in [0.5, 0.6) is 0 Å². The number of aromatic nitrogens is 2. The molecule has 0 spiro atoms. The van der Waals surface area contributed by atoms with E-state index < -0.39 is 5.97 Å². The van der Waals surface area contributed by atoms with Crippen molar-refractivity contribution in [3.63, 3.8) is 0 Å². The van der Waals surface area contributed by atoms with Gasteiger partial charge in [0.15, 0.2) is 0 Å². The lowest BCUT2D eigenvalue weighted by Gasteiger charge is -2.25. The Balaban J connectivity index is 2.26. The third kappa shape index (κ3) is 2.02. The van der Waals surface area contributed by atoms with E-state index in [2.05, 4.69) is 11.9 Å². The Morgan fingerprint density at radius 1 is 1.80 bits per heavy atom. The van der Waals surface area contributed by atoms with Gasteiger partial charge in [0.05, 0.1) is 12.1 Å². The van der Waals surface area contributed by atoms with Gasteiger partial charge < -0.3 is 15.4 Å². The Kier molecular flexibility index (Phi) is 2.48. The van der Waals surface area contributed by atoms with Crippen LogP contribution < -0.4 is 5.73 Å². The van der Waals surface area contributed by atoms with E-state index in [1.54, 1.807) is 6.20 Å². The number of fused-ring (bicyclic) bond motifs is 1. The molecule has 5 heteroatoms.